The molecule has 0 radical (unpaired) electrons. The van der Waals surface area contributed by atoms with Crippen molar-refractivity contribution in [3.05, 3.63) is 35.9 Å². The minimum absolute atomic E-state index is 0.00653. The van der Waals surface area contributed by atoms with Crippen molar-refractivity contribution in [3.8, 4) is 11.5 Å². The summed E-state index contributed by atoms with van der Waals surface area (Å²) >= 11 is 0. The van der Waals surface area contributed by atoms with E-state index in [0.29, 0.717) is 63.4 Å². The van der Waals surface area contributed by atoms with Gasteiger partial charge in [0.15, 0.2) is 11.5 Å². The van der Waals surface area contributed by atoms with Crippen molar-refractivity contribution >= 4 is 29.5 Å². The number of aliphatic carboxylic acids is 1. The number of hydrogen-bond donors (Lipinski definition) is 6. The molecule has 0 unspecified atom stereocenters. The number of carbonyl (C=O) groups excluding carboxylic acids is 4. The summed E-state index contributed by atoms with van der Waals surface area (Å²) in [5, 5.41) is 16.6. The molecule has 0 atom stereocenters. The van der Waals surface area contributed by atoms with Crippen molar-refractivity contribution < 1.29 is 38.6 Å². The number of nitrogens with two attached hydrogens (primary N) is 2. The molecule has 15 heteroatoms. The molecular weight excluding hydrogens is 706 g/mol. The summed E-state index contributed by atoms with van der Waals surface area (Å²) in [5.74, 6) is 0.789. The van der Waals surface area contributed by atoms with Crippen LogP contribution in [0.25, 0.3) is 0 Å². The van der Waals surface area contributed by atoms with Crippen LogP contribution in [0.15, 0.2) is 30.4 Å². The Morgan fingerprint density at radius 1 is 0.873 bits per heavy atom. The van der Waals surface area contributed by atoms with Gasteiger partial charge in [-0.3, -0.25) is 19.2 Å². The molecule has 1 aromatic carbocycles. The van der Waals surface area contributed by atoms with Crippen LogP contribution in [0.1, 0.15) is 90.5 Å². The minimum atomic E-state index is -0.711. The lowest BCUT2D eigenvalue weighted by Crippen LogP contribution is -2.31. The first-order valence-electron chi connectivity index (χ1n) is 19.2. The zero-order valence-electron chi connectivity index (χ0n) is 35.3. The molecule has 318 valence electrons. The SMILES string of the molecule is CCCC(=O)O.CN(C)CCN.CNCCCC(=O)CNC.COc1cc(CNC(=O)CCCC/C=C/C(C)C)ccc1OC(=O)N(C)CCCC(=O)CN. The number of Topliss-reactive ketones (excluding diaryl/α,β-unsaturated/α-hetero) is 2. The predicted octanol–water partition coefficient (Wildman–Crippen LogP) is 3.97. The number of allylic oxidation sites excluding steroid dienone is 2. The zero-order chi connectivity index (χ0) is 42.4. The third-order valence-electron chi connectivity index (χ3n) is 7.25. The van der Waals surface area contributed by atoms with E-state index in [1.165, 1.54) is 12.0 Å². The Kier molecular flexibility index (Phi) is 38.7. The minimum Gasteiger partial charge on any atom is -0.493 e. The fourth-order valence-corrected chi connectivity index (χ4v) is 4.21. The maximum Gasteiger partial charge on any atom is 0.415 e. The zero-order valence-corrected chi connectivity index (χ0v) is 35.3. The Bertz CT molecular complexity index is 1200. The number of methoxy groups -OCH3 is 1. The van der Waals surface area contributed by atoms with E-state index in [2.05, 4.69) is 46.8 Å². The van der Waals surface area contributed by atoms with Crippen LogP contribution in [0.3, 0.4) is 0 Å². The van der Waals surface area contributed by atoms with Crippen molar-refractivity contribution in [3.63, 3.8) is 0 Å². The van der Waals surface area contributed by atoms with E-state index in [9.17, 15) is 24.0 Å². The highest BCUT2D eigenvalue weighted by molar-refractivity contribution is 5.80. The van der Waals surface area contributed by atoms with E-state index in [0.717, 1.165) is 57.3 Å². The van der Waals surface area contributed by atoms with Crippen LogP contribution in [-0.2, 0) is 25.7 Å². The number of benzene rings is 1. The lowest BCUT2D eigenvalue weighted by Gasteiger charge is -2.18. The summed E-state index contributed by atoms with van der Waals surface area (Å²) < 4.78 is 10.8. The summed E-state index contributed by atoms with van der Waals surface area (Å²) in [6.07, 6.45) is 10.6. The van der Waals surface area contributed by atoms with Gasteiger partial charge in [0.25, 0.3) is 0 Å². The van der Waals surface area contributed by atoms with E-state index in [4.69, 9.17) is 26.0 Å². The Morgan fingerprint density at radius 3 is 2.04 bits per heavy atom. The number of hydrogen-bond acceptors (Lipinski definition) is 12. The molecule has 0 aliphatic heterocycles. The first-order chi connectivity index (χ1) is 26.1. The van der Waals surface area contributed by atoms with Gasteiger partial charge in [-0.25, -0.2) is 4.79 Å². The van der Waals surface area contributed by atoms with Crippen molar-refractivity contribution in [2.45, 2.75) is 91.5 Å². The quantitative estimate of drug-likeness (QED) is 0.0612. The maximum absolute atomic E-state index is 12.3. The van der Waals surface area contributed by atoms with E-state index in [-0.39, 0.29) is 29.8 Å². The topological polar surface area (TPSA) is 219 Å². The van der Waals surface area contributed by atoms with E-state index in [1.807, 2.05) is 28.1 Å². The molecule has 0 aromatic heterocycles. The molecule has 1 aromatic rings. The second-order valence-electron chi connectivity index (χ2n) is 13.3. The third-order valence-corrected chi connectivity index (χ3v) is 7.25. The molecule has 0 saturated carbocycles. The van der Waals surface area contributed by atoms with Gasteiger partial charge in [0.2, 0.25) is 5.91 Å². The molecule has 0 fully saturated rings. The fraction of sp³-hybridized carbons (Fsp3) is 0.675. The van der Waals surface area contributed by atoms with E-state index >= 15 is 0 Å². The number of rotatable bonds is 25. The average molecular weight is 782 g/mol. The Labute approximate surface area is 331 Å². The molecule has 0 bridgehead atoms. The number of likely N-dealkylation sites (N-methyl/N-ethyl adjacent to an activating group) is 2. The van der Waals surface area contributed by atoms with E-state index in [1.54, 1.807) is 32.3 Å². The number of nitrogens with zero attached hydrogens (tertiary/aromatic N) is 2. The van der Waals surface area contributed by atoms with E-state index < -0.39 is 12.1 Å². The number of nitrogens with one attached hydrogen (secondary N) is 3. The molecule has 2 amide bonds. The highest BCUT2D eigenvalue weighted by Gasteiger charge is 2.15. The van der Waals surface area contributed by atoms with Gasteiger partial charge in [-0.2, -0.15) is 0 Å². The molecule has 0 aliphatic rings. The standard InChI is InChI=1S/C25H39N3O5.C7H16N2O.C4H12N2.C4H8O2/c1-19(2)10-7-5-6-8-12-24(30)27-18-20-13-14-22(23(16-20)32-4)33-25(31)28(3)15-9-11-21(29)17-26;1-8-5-3-4-7(10)6-9-2;1-6(2)4-3-5;1-2-3-4(5)6/h7,10,13-14,16,19H,5-6,8-9,11-12,15,17-18,26H2,1-4H3,(H,27,30);8-9H,3-6H2,1-2H3;3-5H2,1-2H3;2-3H2,1H3,(H,5,6)/b10-7+;;;. The molecule has 1 rings (SSSR count). The molecular formula is C40H75N7O8. The lowest BCUT2D eigenvalue weighted by molar-refractivity contribution is -0.137. The van der Waals surface area contributed by atoms with Crippen molar-refractivity contribution in [2.24, 2.45) is 17.4 Å². The van der Waals surface area contributed by atoms with Gasteiger partial charge >= 0.3 is 12.1 Å². The predicted molar refractivity (Wildman–Crippen MR) is 221 cm³/mol. The van der Waals surface area contributed by atoms with Crippen LogP contribution >= 0.6 is 0 Å². The molecule has 0 saturated heterocycles. The lowest BCUT2D eigenvalue weighted by atomic mass is 10.1. The second-order valence-corrected chi connectivity index (χ2v) is 13.3. The number of amides is 2. The number of carboxylic acids is 1. The summed E-state index contributed by atoms with van der Waals surface area (Å²) in [6, 6.07) is 5.16. The van der Waals surface area contributed by atoms with Gasteiger partial charge in [0.05, 0.1) is 20.2 Å². The van der Waals surface area contributed by atoms with Crippen LogP contribution < -0.4 is 36.9 Å². The van der Waals surface area contributed by atoms with Crippen molar-refractivity contribution in [1.82, 2.24) is 25.8 Å². The van der Waals surface area contributed by atoms with Crippen LogP contribution in [0.2, 0.25) is 0 Å². The van der Waals surface area contributed by atoms with Crippen LogP contribution in [0.4, 0.5) is 4.79 Å². The summed E-state index contributed by atoms with van der Waals surface area (Å²) in [6.45, 7) is 10.1. The number of ketones is 2. The first kappa shape index (κ1) is 55.4. The van der Waals surface area contributed by atoms with Crippen LogP contribution in [0.5, 0.6) is 11.5 Å². The molecule has 0 heterocycles. The summed E-state index contributed by atoms with van der Waals surface area (Å²) in [5.41, 5.74) is 11.3. The number of carbonyl (C=O) groups is 5. The molecule has 8 N–H and O–H groups in total. The average Bonchev–Trinajstić information content (AvgIpc) is 3.13. The number of unbranched alkanes of at least 4 members (excludes halogenated alkanes) is 2. The highest BCUT2D eigenvalue weighted by atomic mass is 16.6. The van der Waals surface area contributed by atoms with Gasteiger partial charge in [-0.1, -0.05) is 39.0 Å². The Hall–Kier alpha value is -3.89. The van der Waals surface area contributed by atoms with Gasteiger partial charge in [-0.15, -0.1) is 0 Å². The summed E-state index contributed by atoms with van der Waals surface area (Å²) in [7, 11) is 10.8. The van der Waals surface area contributed by atoms with Crippen molar-refractivity contribution in [1.29, 1.82) is 0 Å². The normalized spacial score (nSPS) is 10.3. The third kappa shape index (κ3) is 38.2. The molecule has 0 spiro atoms. The largest absolute Gasteiger partial charge is 0.493 e. The first-order valence-corrected chi connectivity index (χ1v) is 19.2. The van der Waals surface area contributed by atoms with Gasteiger partial charge in [0.1, 0.15) is 11.6 Å². The highest BCUT2D eigenvalue weighted by Crippen LogP contribution is 2.28. The Balaban J connectivity index is -0.000000990. The number of carboxylic acid groups (broad SMARTS) is 1. The monoisotopic (exact) mass is 782 g/mol. The maximum atomic E-state index is 12.3. The molecule has 55 heavy (non-hydrogen) atoms. The van der Waals surface area contributed by atoms with Gasteiger partial charge in [0, 0.05) is 58.9 Å². The van der Waals surface area contributed by atoms with Gasteiger partial charge < -0.3 is 51.8 Å². The smallest absolute Gasteiger partial charge is 0.415 e. The van der Waals surface area contributed by atoms with Gasteiger partial charge in [-0.05, 0) is 96.9 Å². The van der Waals surface area contributed by atoms with Crippen LogP contribution in [-0.4, -0.2) is 126 Å². The second kappa shape index (κ2) is 38.4. The Morgan fingerprint density at radius 2 is 1.55 bits per heavy atom. The van der Waals surface area contributed by atoms with Crippen molar-refractivity contribution in [2.75, 3.05) is 81.6 Å². The van der Waals surface area contributed by atoms with Crippen LogP contribution in [0, 0.1) is 5.92 Å². The number of ether oxygens (including phenoxy) is 2. The molecule has 0 aliphatic carbocycles. The fourth-order valence-electron chi connectivity index (χ4n) is 4.21. The molecule has 15 nitrogen and oxygen atoms in total. The summed E-state index contributed by atoms with van der Waals surface area (Å²) in [4.78, 5) is 59.5.